The van der Waals surface area contributed by atoms with Crippen LogP contribution in [0.1, 0.15) is 13.8 Å². The zero-order valence-electron chi connectivity index (χ0n) is 8.14. The summed E-state index contributed by atoms with van der Waals surface area (Å²) in [6.45, 7) is 3.85. The van der Waals surface area contributed by atoms with Crippen LogP contribution in [0.5, 0.6) is 0 Å². The van der Waals surface area contributed by atoms with E-state index in [0.29, 0.717) is 6.61 Å². The van der Waals surface area contributed by atoms with Crippen molar-refractivity contribution in [1.29, 1.82) is 5.26 Å². The molecule has 2 heterocycles. The van der Waals surface area contributed by atoms with Crippen LogP contribution in [0.15, 0.2) is 0 Å². The molecule has 5 heteroatoms. The molecule has 0 radical (unpaired) electrons. The molecule has 5 nitrogen and oxygen atoms in total. The van der Waals surface area contributed by atoms with E-state index in [-0.39, 0.29) is 6.10 Å². The molecular formula is C9H13NO4. The average molecular weight is 199 g/mol. The second kappa shape index (κ2) is 3.17. The third-order valence-corrected chi connectivity index (χ3v) is 2.44. The average Bonchev–Trinajstić information content (AvgIpc) is 2.42. The zero-order valence-corrected chi connectivity index (χ0v) is 8.14. The molecule has 14 heavy (non-hydrogen) atoms. The van der Waals surface area contributed by atoms with Gasteiger partial charge in [0.2, 0.25) is 0 Å². The molecule has 0 aromatic rings. The topological polar surface area (TPSA) is 71.7 Å². The lowest BCUT2D eigenvalue weighted by Crippen LogP contribution is -2.50. The first-order valence-corrected chi connectivity index (χ1v) is 4.58. The van der Waals surface area contributed by atoms with Crippen molar-refractivity contribution in [2.75, 3.05) is 6.61 Å². The van der Waals surface area contributed by atoms with Crippen molar-refractivity contribution in [1.82, 2.24) is 0 Å². The molecule has 0 saturated carbocycles. The molecule has 2 aliphatic rings. The van der Waals surface area contributed by atoms with Crippen LogP contribution in [0.3, 0.4) is 0 Å². The smallest absolute Gasteiger partial charge is 0.172 e. The van der Waals surface area contributed by atoms with Crippen LogP contribution in [-0.4, -0.2) is 41.9 Å². The molecule has 0 aromatic heterocycles. The first-order chi connectivity index (χ1) is 6.53. The SMILES string of the molecule is CC1(C)OC2COC(C#N)C(O)C2O1. The summed E-state index contributed by atoms with van der Waals surface area (Å²) in [7, 11) is 0. The molecule has 0 spiro atoms. The van der Waals surface area contributed by atoms with Gasteiger partial charge in [0.05, 0.1) is 12.7 Å². The summed E-state index contributed by atoms with van der Waals surface area (Å²) >= 11 is 0. The monoisotopic (exact) mass is 199 g/mol. The Kier molecular flexibility index (Phi) is 2.24. The van der Waals surface area contributed by atoms with Crippen LogP contribution in [0.2, 0.25) is 0 Å². The fourth-order valence-corrected chi connectivity index (χ4v) is 1.86. The Balaban J connectivity index is 2.13. The molecule has 0 aliphatic carbocycles. The maximum absolute atomic E-state index is 9.72. The van der Waals surface area contributed by atoms with Crippen LogP contribution < -0.4 is 0 Å². The van der Waals surface area contributed by atoms with Gasteiger partial charge in [-0.1, -0.05) is 0 Å². The lowest BCUT2D eigenvalue weighted by Gasteiger charge is -2.30. The van der Waals surface area contributed by atoms with Gasteiger partial charge in [-0.25, -0.2) is 0 Å². The third-order valence-electron chi connectivity index (χ3n) is 2.44. The van der Waals surface area contributed by atoms with Crippen molar-refractivity contribution in [2.24, 2.45) is 0 Å². The highest BCUT2D eigenvalue weighted by atomic mass is 16.8. The molecule has 4 atom stereocenters. The molecule has 2 saturated heterocycles. The van der Waals surface area contributed by atoms with Crippen LogP contribution in [-0.2, 0) is 14.2 Å². The van der Waals surface area contributed by atoms with Crippen molar-refractivity contribution >= 4 is 0 Å². The van der Waals surface area contributed by atoms with Crippen LogP contribution >= 0.6 is 0 Å². The summed E-state index contributed by atoms with van der Waals surface area (Å²) in [5.74, 6) is -0.704. The van der Waals surface area contributed by atoms with Gasteiger partial charge in [0.25, 0.3) is 0 Å². The third kappa shape index (κ3) is 1.51. The van der Waals surface area contributed by atoms with Gasteiger partial charge in [0, 0.05) is 0 Å². The second-order valence-electron chi connectivity index (χ2n) is 4.01. The Morgan fingerprint density at radius 2 is 2.14 bits per heavy atom. The van der Waals surface area contributed by atoms with Crippen molar-refractivity contribution < 1.29 is 19.3 Å². The van der Waals surface area contributed by atoms with Crippen LogP contribution in [0.25, 0.3) is 0 Å². The van der Waals surface area contributed by atoms with Gasteiger partial charge < -0.3 is 19.3 Å². The Bertz CT molecular complexity index is 272. The van der Waals surface area contributed by atoms with Crippen molar-refractivity contribution in [3.05, 3.63) is 0 Å². The minimum absolute atomic E-state index is 0.274. The van der Waals surface area contributed by atoms with E-state index < -0.39 is 24.1 Å². The molecular weight excluding hydrogens is 186 g/mol. The van der Waals surface area contributed by atoms with Gasteiger partial charge in [-0.2, -0.15) is 5.26 Å². The number of aliphatic hydroxyl groups excluding tert-OH is 1. The summed E-state index contributed by atoms with van der Waals surface area (Å²) in [6, 6.07) is 1.89. The summed E-state index contributed by atoms with van der Waals surface area (Å²) in [5.41, 5.74) is 0. The number of rotatable bonds is 0. The van der Waals surface area contributed by atoms with E-state index in [4.69, 9.17) is 19.5 Å². The van der Waals surface area contributed by atoms with E-state index >= 15 is 0 Å². The van der Waals surface area contributed by atoms with Crippen molar-refractivity contribution in [2.45, 2.75) is 44.1 Å². The number of ether oxygens (including phenoxy) is 3. The van der Waals surface area contributed by atoms with Gasteiger partial charge in [-0.3, -0.25) is 0 Å². The zero-order chi connectivity index (χ0) is 10.3. The summed E-state index contributed by atoms with van der Waals surface area (Å²) in [5, 5.41) is 18.4. The maximum Gasteiger partial charge on any atom is 0.172 e. The normalized spacial score (nSPS) is 45.6. The number of hydrogen-bond acceptors (Lipinski definition) is 5. The number of fused-ring (bicyclic) bond motifs is 1. The first-order valence-electron chi connectivity index (χ1n) is 4.58. The fourth-order valence-electron chi connectivity index (χ4n) is 1.86. The largest absolute Gasteiger partial charge is 0.386 e. The van der Waals surface area contributed by atoms with Gasteiger partial charge >= 0.3 is 0 Å². The summed E-state index contributed by atoms with van der Waals surface area (Å²) in [4.78, 5) is 0. The molecule has 4 unspecified atom stereocenters. The highest BCUT2D eigenvalue weighted by Gasteiger charge is 2.50. The van der Waals surface area contributed by atoms with E-state index in [2.05, 4.69) is 0 Å². The lowest BCUT2D eigenvalue weighted by atomic mass is 10.0. The molecule has 0 aromatic carbocycles. The molecule has 2 rings (SSSR count). The van der Waals surface area contributed by atoms with Crippen LogP contribution in [0, 0.1) is 11.3 Å². The highest BCUT2D eigenvalue weighted by Crippen LogP contribution is 2.34. The highest BCUT2D eigenvalue weighted by molar-refractivity contribution is 5.01. The van der Waals surface area contributed by atoms with Crippen LogP contribution in [0.4, 0.5) is 0 Å². The predicted molar refractivity (Wildman–Crippen MR) is 45.2 cm³/mol. The molecule has 78 valence electrons. The van der Waals surface area contributed by atoms with E-state index in [1.54, 1.807) is 13.8 Å². The quantitative estimate of drug-likeness (QED) is 0.584. The summed E-state index contributed by atoms with van der Waals surface area (Å²) < 4.78 is 16.1. The standard InChI is InChI=1S/C9H13NO4/c1-9(2)13-6-4-12-5(3-10)7(11)8(6)14-9/h5-8,11H,4H2,1-2H3. The maximum atomic E-state index is 9.72. The van der Waals surface area contributed by atoms with E-state index in [1.807, 2.05) is 6.07 Å². The predicted octanol–water partition coefficient (Wildman–Crippen LogP) is -0.210. The first kappa shape index (κ1) is 9.87. The van der Waals surface area contributed by atoms with Gasteiger partial charge in [-0.05, 0) is 13.8 Å². The molecule has 2 fully saturated rings. The fraction of sp³-hybridized carbons (Fsp3) is 0.889. The number of hydrogen-bond donors (Lipinski definition) is 1. The van der Waals surface area contributed by atoms with Gasteiger partial charge in [-0.15, -0.1) is 0 Å². The molecule has 0 amide bonds. The summed E-state index contributed by atoms with van der Waals surface area (Å²) in [6.07, 6.45) is -2.47. The Labute approximate surface area is 82.2 Å². The second-order valence-corrected chi connectivity index (χ2v) is 4.01. The molecule has 1 N–H and O–H groups in total. The van der Waals surface area contributed by atoms with E-state index in [9.17, 15) is 5.11 Å². The number of nitrogens with zero attached hydrogens (tertiary/aromatic N) is 1. The number of nitriles is 1. The Morgan fingerprint density at radius 1 is 1.43 bits per heavy atom. The minimum atomic E-state index is -0.930. The molecule has 0 bridgehead atoms. The van der Waals surface area contributed by atoms with Crippen molar-refractivity contribution in [3.63, 3.8) is 0 Å². The lowest BCUT2D eigenvalue weighted by molar-refractivity contribution is -0.154. The minimum Gasteiger partial charge on any atom is -0.386 e. The van der Waals surface area contributed by atoms with Crippen molar-refractivity contribution in [3.8, 4) is 6.07 Å². The molecule has 2 aliphatic heterocycles. The van der Waals surface area contributed by atoms with Gasteiger partial charge in [0.1, 0.15) is 18.3 Å². The van der Waals surface area contributed by atoms with E-state index in [1.165, 1.54) is 0 Å². The van der Waals surface area contributed by atoms with E-state index in [0.717, 1.165) is 0 Å². The Morgan fingerprint density at radius 3 is 2.79 bits per heavy atom. The Hall–Kier alpha value is -0.670. The number of aliphatic hydroxyl groups is 1. The van der Waals surface area contributed by atoms with Gasteiger partial charge in [0.15, 0.2) is 11.9 Å².